The van der Waals surface area contributed by atoms with E-state index in [1.54, 1.807) is 0 Å². The molecule has 1 saturated heterocycles. The van der Waals surface area contributed by atoms with Gasteiger partial charge in [0, 0.05) is 60.1 Å². The van der Waals surface area contributed by atoms with E-state index in [0.29, 0.717) is 32.8 Å². The number of aliphatic imine (C=N–C) groups is 1. The summed E-state index contributed by atoms with van der Waals surface area (Å²) in [6.07, 6.45) is 10.6. The van der Waals surface area contributed by atoms with Gasteiger partial charge < -0.3 is 19.4 Å². The maximum atomic E-state index is 13.4. The maximum absolute atomic E-state index is 13.4. The van der Waals surface area contributed by atoms with E-state index in [1.807, 2.05) is 73.0 Å². The standard InChI is InChI=1S/C30H33N3O.C12H15NO2.C2H6/c1-20-9-6-7-17-32-19-26(31-21(2)28(20)32)24-10-8-11-27-25(24)16-18-33(27)29(34)22-12-14-23(15-13-22)30(3,4)5;1-10-2-4-11(5-3-10)12(14)13-6-8-15-9-7-13;1-2/h7-15,17,19,28H,6,16,18H2,1-5H3;2-5H,6-9H2,1H3;1-2H3. The van der Waals surface area contributed by atoms with E-state index < -0.39 is 0 Å². The van der Waals surface area contributed by atoms with E-state index in [2.05, 4.69) is 88.3 Å². The summed E-state index contributed by atoms with van der Waals surface area (Å²) < 4.78 is 5.21. The zero-order valence-corrected chi connectivity index (χ0v) is 31.7. The molecule has 0 N–H and O–H groups in total. The number of morpholine rings is 1. The van der Waals surface area contributed by atoms with Crippen molar-refractivity contribution in [2.24, 2.45) is 4.99 Å². The number of amides is 2. The van der Waals surface area contributed by atoms with Crippen molar-refractivity contribution in [2.75, 3.05) is 37.7 Å². The summed E-state index contributed by atoms with van der Waals surface area (Å²) in [6, 6.07) is 22.2. The molecule has 1 unspecified atom stereocenters. The fourth-order valence-corrected chi connectivity index (χ4v) is 6.88. The molecule has 0 spiro atoms. The molecule has 0 bridgehead atoms. The minimum atomic E-state index is 0.0601. The van der Waals surface area contributed by atoms with Crippen LogP contribution in [0.15, 0.2) is 102 Å². The smallest absolute Gasteiger partial charge is 0.258 e. The Kier molecular flexibility index (Phi) is 12.1. The van der Waals surface area contributed by atoms with Gasteiger partial charge in [-0.25, -0.2) is 0 Å². The van der Waals surface area contributed by atoms with Crippen LogP contribution in [0.4, 0.5) is 5.69 Å². The molecule has 1 fully saturated rings. The van der Waals surface area contributed by atoms with Crippen molar-refractivity contribution >= 4 is 28.9 Å². The molecule has 7 heteroatoms. The van der Waals surface area contributed by atoms with Crippen molar-refractivity contribution in [1.82, 2.24) is 9.80 Å². The number of carbonyl (C=O) groups is 2. The third-order valence-electron chi connectivity index (χ3n) is 9.69. The number of fused-ring (bicyclic) bond motifs is 2. The zero-order valence-electron chi connectivity index (χ0n) is 31.7. The first-order valence-corrected chi connectivity index (χ1v) is 18.4. The number of hydrogen-bond donors (Lipinski definition) is 0. The number of allylic oxidation sites excluding steroid dienone is 2. The first kappa shape index (κ1) is 37.5. The van der Waals surface area contributed by atoms with Crippen LogP contribution in [0.25, 0.3) is 5.70 Å². The third kappa shape index (κ3) is 8.59. The molecule has 1 atom stereocenters. The summed E-state index contributed by atoms with van der Waals surface area (Å²) in [7, 11) is 0. The molecule has 51 heavy (non-hydrogen) atoms. The topological polar surface area (TPSA) is 65.5 Å². The van der Waals surface area contributed by atoms with Crippen LogP contribution in [-0.2, 0) is 16.6 Å². The average molecular weight is 687 g/mol. The van der Waals surface area contributed by atoms with Crippen LogP contribution in [0.2, 0.25) is 0 Å². The predicted octanol–water partition coefficient (Wildman–Crippen LogP) is 8.99. The van der Waals surface area contributed by atoms with Crippen molar-refractivity contribution in [1.29, 1.82) is 0 Å². The summed E-state index contributed by atoms with van der Waals surface area (Å²) >= 11 is 0. The highest BCUT2D eigenvalue weighted by molar-refractivity contribution is 6.08. The van der Waals surface area contributed by atoms with Crippen LogP contribution >= 0.6 is 0 Å². The molecule has 2 amide bonds. The molecule has 0 radical (unpaired) electrons. The highest BCUT2D eigenvalue weighted by Crippen LogP contribution is 2.37. The van der Waals surface area contributed by atoms with Crippen LogP contribution < -0.4 is 4.90 Å². The van der Waals surface area contributed by atoms with Crippen molar-refractivity contribution in [3.8, 4) is 0 Å². The number of rotatable bonds is 3. The molecular formula is C44H54N4O3. The Balaban J connectivity index is 0.000000248. The van der Waals surface area contributed by atoms with Gasteiger partial charge in [0.05, 0.1) is 25.0 Å². The SMILES string of the molecule is CC.CC1=CCC=CN2C=C(c3cccc4c3CCN4C(=O)c3ccc(C(C)(C)C)cc3)N=C(C)C12.Cc1ccc(C(=O)N2CCOCC2)cc1. The van der Waals surface area contributed by atoms with Crippen LogP contribution in [0.1, 0.15) is 97.9 Å². The molecule has 268 valence electrons. The normalized spacial score (nSPS) is 18.1. The highest BCUT2D eigenvalue weighted by Gasteiger charge is 2.31. The predicted molar refractivity (Wildman–Crippen MR) is 210 cm³/mol. The van der Waals surface area contributed by atoms with Gasteiger partial charge in [-0.3, -0.25) is 14.6 Å². The lowest BCUT2D eigenvalue weighted by Crippen LogP contribution is -2.40. The Morgan fingerprint density at radius 1 is 0.824 bits per heavy atom. The molecule has 0 saturated carbocycles. The summed E-state index contributed by atoms with van der Waals surface area (Å²) in [5.41, 5.74) is 10.7. The maximum Gasteiger partial charge on any atom is 0.258 e. The minimum absolute atomic E-state index is 0.0601. The monoisotopic (exact) mass is 686 g/mol. The first-order chi connectivity index (χ1) is 24.5. The molecule has 7 rings (SSSR count). The second kappa shape index (κ2) is 16.5. The number of benzene rings is 3. The Morgan fingerprint density at radius 2 is 1.47 bits per heavy atom. The van der Waals surface area contributed by atoms with Gasteiger partial charge in [0.25, 0.3) is 11.8 Å². The van der Waals surface area contributed by atoms with E-state index >= 15 is 0 Å². The molecule has 4 heterocycles. The fraction of sp³-hybridized carbons (Fsp3) is 0.386. The molecule has 4 aliphatic heterocycles. The molecule has 4 aliphatic rings. The lowest BCUT2D eigenvalue weighted by Gasteiger charge is -2.32. The highest BCUT2D eigenvalue weighted by atomic mass is 16.5. The van der Waals surface area contributed by atoms with Crippen LogP contribution in [-0.4, -0.2) is 66.2 Å². The molecular weight excluding hydrogens is 633 g/mol. The lowest BCUT2D eigenvalue weighted by molar-refractivity contribution is 0.0303. The van der Waals surface area contributed by atoms with Crippen molar-refractivity contribution in [3.63, 3.8) is 0 Å². The van der Waals surface area contributed by atoms with Crippen molar-refractivity contribution in [2.45, 2.75) is 79.7 Å². The minimum Gasteiger partial charge on any atom is -0.378 e. The number of ether oxygens (including phenoxy) is 1. The molecule has 7 nitrogen and oxygen atoms in total. The fourth-order valence-electron chi connectivity index (χ4n) is 6.88. The van der Waals surface area contributed by atoms with Gasteiger partial charge in [0.2, 0.25) is 0 Å². The largest absolute Gasteiger partial charge is 0.378 e. The molecule has 0 aliphatic carbocycles. The Bertz CT molecular complexity index is 1820. The summed E-state index contributed by atoms with van der Waals surface area (Å²) in [4.78, 5) is 36.5. The number of nitrogens with zero attached hydrogens (tertiary/aromatic N) is 4. The van der Waals surface area contributed by atoms with E-state index in [-0.39, 0.29) is 23.3 Å². The Morgan fingerprint density at radius 3 is 2.14 bits per heavy atom. The van der Waals surface area contributed by atoms with Crippen LogP contribution in [0.3, 0.4) is 0 Å². The average Bonchev–Trinajstić information content (AvgIpc) is 3.49. The molecule has 3 aromatic carbocycles. The van der Waals surface area contributed by atoms with Crippen molar-refractivity contribution < 1.29 is 14.3 Å². The van der Waals surface area contributed by atoms with Crippen LogP contribution in [0.5, 0.6) is 0 Å². The van der Waals surface area contributed by atoms with Gasteiger partial charge in [-0.15, -0.1) is 0 Å². The van der Waals surface area contributed by atoms with Gasteiger partial charge in [0.15, 0.2) is 0 Å². The van der Waals surface area contributed by atoms with E-state index in [1.165, 1.54) is 22.3 Å². The summed E-state index contributed by atoms with van der Waals surface area (Å²) in [6.45, 7) is 20.3. The number of carbonyl (C=O) groups excluding carboxylic acids is 2. The Labute approximate surface area is 305 Å². The van der Waals surface area contributed by atoms with Gasteiger partial charge in [-0.2, -0.15) is 0 Å². The number of anilines is 1. The van der Waals surface area contributed by atoms with E-state index in [0.717, 1.165) is 46.6 Å². The second-order valence-corrected chi connectivity index (χ2v) is 14.3. The number of hydrogen-bond acceptors (Lipinski definition) is 5. The second-order valence-electron chi connectivity index (χ2n) is 14.3. The number of aryl methyl sites for hydroxylation is 1. The molecule has 3 aromatic rings. The van der Waals surface area contributed by atoms with E-state index in [9.17, 15) is 9.59 Å². The molecule has 0 aromatic heterocycles. The lowest BCUT2D eigenvalue weighted by atomic mass is 9.86. The van der Waals surface area contributed by atoms with Gasteiger partial charge in [0.1, 0.15) is 0 Å². The van der Waals surface area contributed by atoms with Gasteiger partial charge in [-0.05, 0) is 86.1 Å². The quantitative estimate of drug-likeness (QED) is 0.258. The van der Waals surface area contributed by atoms with Crippen molar-refractivity contribution in [3.05, 3.63) is 130 Å². The summed E-state index contributed by atoms with van der Waals surface area (Å²) in [5, 5.41) is 0. The zero-order chi connectivity index (χ0) is 36.7. The van der Waals surface area contributed by atoms with Gasteiger partial charge >= 0.3 is 0 Å². The summed E-state index contributed by atoms with van der Waals surface area (Å²) in [5.74, 6) is 0.170. The van der Waals surface area contributed by atoms with E-state index in [4.69, 9.17) is 9.73 Å². The third-order valence-corrected chi connectivity index (χ3v) is 9.69. The van der Waals surface area contributed by atoms with Gasteiger partial charge in [-0.1, -0.05) is 88.7 Å². The first-order valence-electron chi connectivity index (χ1n) is 18.4. The van der Waals surface area contributed by atoms with Crippen LogP contribution in [0, 0.1) is 6.92 Å². The Hall–Kier alpha value is -4.75.